The van der Waals surface area contributed by atoms with Crippen LogP contribution in [-0.4, -0.2) is 23.9 Å². The number of aliphatic hydroxyl groups excluding tert-OH is 1. The second kappa shape index (κ2) is 5.55. The first-order valence-electron chi connectivity index (χ1n) is 5.08. The van der Waals surface area contributed by atoms with Gasteiger partial charge in [0.05, 0.1) is 12.2 Å². The van der Waals surface area contributed by atoms with E-state index < -0.39 is 0 Å². The van der Waals surface area contributed by atoms with E-state index >= 15 is 0 Å². The Morgan fingerprint density at radius 2 is 2.33 bits per heavy atom. The summed E-state index contributed by atoms with van der Waals surface area (Å²) < 4.78 is 5.50. The van der Waals surface area contributed by atoms with E-state index in [0.29, 0.717) is 6.10 Å². The first-order chi connectivity index (χ1) is 5.79. The molecule has 1 heterocycles. The van der Waals surface area contributed by atoms with E-state index in [4.69, 9.17) is 9.84 Å². The van der Waals surface area contributed by atoms with Gasteiger partial charge in [-0.15, -0.1) is 0 Å². The van der Waals surface area contributed by atoms with Crippen LogP contribution in [0.2, 0.25) is 0 Å². The summed E-state index contributed by atoms with van der Waals surface area (Å²) >= 11 is 0. The molecule has 0 aromatic heterocycles. The van der Waals surface area contributed by atoms with E-state index in [1.165, 1.54) is 25.7 Å². The molecule has 2 atom stereocenters. The number of unbranched alkanes of at least 4 members (excludes halogenated alkanes) is 1. The van der Waals surface area contributed by atoms with Crippen molar-refractivity contribution in [3.05, 3.63) is 0 Å². The summed E-state index contributed by atoms with van der Waals surface area (Å²) in [5.74, 6) is 0. The van der Waals surface area contributed by atoms with Gasteiger partial charge in [0.15, 0.2) is 0 Å². The minimum absolute atomic E-state index is 0.130. The smallest absolute Gasteiger partial charge is 0.0576 e. The van der Waals surface area contributed by atoms with Crippen molar-refractivity contribution >= 4 is 0 Å². The molecule has 72 valence electrons. The van der Waals surface area contributed by atoms with Gasteiger partial charge in [0.2, 0.25) is 0 Å². The molecule has 0 bridgehead atoms. The molecule has 1 rings (SSSR count). The van der Waals surface area contributed by atoms with Gasteiger partial charge in [-0.2, -0.15) is 0 Å². The maximum Gasteiger partial charge on any atom is 0.0576 e. The summed E-state index contributed by atoms with van der Waals surface area (Å²) in [4.78, 5) is 0. The lowest BCUT2D eigenvalue weighted by Crippen LogP contribution is -2.05. The van der Waals surface area contributed by atoms with Crippen molar-refractivity contribution < 1.29 is 9.84 Å². The van der Waals surface area contributed by atoms with Gasteiger partial charge in [0, 0.05) is 6.61 Å². The van der Waals surface area contributed by atoms with E-state index in [-0.39, 0.29) is 6.10 Å². The van der Waals surface area contributed by atoms with Gasteiger partial charge in [-0.3, -0.25) is 0 Å². The predicted molar refractivity (Wildman–Crippen MR) is 49.1 cm³/mol. The van der Waals surface area contributed by atoms with Crippen LogP contribution in [0.1, 0.15) is 45.4 Å². The summed E-state index contributed by atoms with van der Waals surface area (Å²) in [6.45, 7) is 2.81. The normalized spacial score (nSPS) is 26.0. The van der Waals surface area contributed by atoms with Crippen molar-refractivity contribution in [1.29, 1.82) is 0 Å². The Balaban J connectivity index is 1.88. The van der Waals surface area contributed by atoms with Crippen molar-refractivity contribution in [2.24, 2.45) is 0 Å². The molecule has 0 aromatic rings. The first-order valence-corrected chi connectivity index (χ1v) is 5.08. The molecule has 1 N–H and O–H groups in total. The SMILES string of the molecule is C[C@@H](O)CCCC[C@@H]1CCCO1. The zero-order valence-electron chi connectivity index (χ0n) is 7.96. The molecular weight excluding hydrogens is 152 g/mol. The minimum atomic E-state index is -0.130. The lowest BCUT2D eigenvalue weighted by atomic mass is 10.1. The van der Waals surface area contributed by atoms with Gasteiger partial charge in [-0.1, -0.05) is 12.8 Å². The van der Waals surface area contributed by atoms with Crippen LogP contribution in [0, 0.1) is 0 Å². The van der Waals surface area contributed by atoms with Crippen LogP contribution in [0.25, 0.3) is 0 Å². The first kappa shape index (κ1) is 10.0. The molecule has 2 heteroatoms. The molecule has 0 amide bonds. The molecule has 0 radical (unpaired) electrons. The third-order valence-electron chi connectivity index (χ3n) is 2.42. The Morgan fingerprint density at radius 3 is 2.92 bits per heavy atom. The highest BCUT2D eigenvalue weighted by molar-refractivity contribution is 4.64. The topological polar surface area (TPSA) is 29.5 Å². The molecule has 0 aromatic carbocycles. The molecule has 0 unspecified atom stereocenters. The molecule has 12 heavy (non-hydrogen) atoms. The van der Waals surface area contributed by atoms with Crippen LogP contribution in [-0.2, 0) is 4.74 Å². The second-order valence-corrected chi connectivity index (χ2v) is 3.77. The molecule has 0 aliphatic carbocycles. The number of aliphatic hydroxyl groups is 1. The Bertz CT molecular complexity index is 106. The standard InChI is InChI=1S/C10H20O2/c1-9(11)5-2-3-6-10-7-4-8-12-10/h9-11H,2-8H2,1H3/t9-,10-/m1/s1. The zero-order valence-corrected chi connectivity index (χ0v) is 7.96. The summed E-state index contributed by atoms with van der Waals surface area (Å²) in [6, 6.07) is 0. The van der Waals surface area contributed by atoms with Crippen LogP contribution >= 0.6 is 0 Å². The highest BCUT2D eigenvalue weighted by atomic mass is 16.5. The van der Waals surface area contributed by atoms with Gasteiger partial charge >= 0.3 is 0 Å². The van der Waals surface area contributed by atoms with E-state index in [9.17, 15) is 0 Å². The van der Waals surface area contributed by atoms with E-state index in [2.05, 4.69) is 0 Å². The van der Waals surface area contributed by atoms with Crippen molar-refractivity contribution in [2.45, 2.75) is 57.7 Å². The van der Waals surface area contributed by atoms with Crippen molar-refractivity contribution in [2.75, 3.05) is 6.61 Å². The highest BCUT2D eigenvalue weighted by Crippen LogP contribution is 2.18. The average Bonchev–Trinajstić information content (AvgIpc) is 2.49. The molecule has 2 nitrogen and oxygen atoms in total. The average molecular weight is 172 g/mol. The summed E-state index contributed by atoms with van der Waals surface area (Å²) in [6.07, 6.45) is 7.34. The Morgan fingerprint density at radius 1 is 1.50 bits per heavy atom. The fourth-order valence-electron chi connectivity index (χ4n) is 1.68. The van der Waals surface area contributed by atoms with Gasteiger partial charge < -0.3 is 9.84 Å². The van der Waals surface area contributed by atoms with Gasteiger partial charge in [0.1, 0.15) is 0 Å². The number of hydrogen-bond acceptors (Lipinski definition) is 2. The van der Waals surface area contributed by atoms with Crippen molar-refractivity contribution in [1.82, 2.24) is 0 Å². The lowest BCUT2D eigenvalue weighted by Gasteiger charge is -2.08. The fourth-order valence-corrected chi connectivity index (χ4v) is 1.68. The van der Waals surface area contributed by atoms with E-state index in [1.54, 1.807) is 0 Å². The number of hydrogen-bond donors (Lipinski definition) is 1. The number of rotatable bonds is 5. The van der Waals surface area contributed by atoms with Crippen LogP contribution < -0.4 is 0 Å². The Labute approximate surface area is 74.9 Å². The maximum absolute atomic E-state index is 9.01. The van der Waals surface area contributed by atoms with Crippen LogP contribution in [0.15, 0.2) is 0 Å². The summed E-state index contributed by atoms with van der Waals surface area (Å²) in [5, 5.41) is 9.01. The number of ether oxygens (including phenoxy) is 1. The highest BCUT2D eigenvalue weighted by Gasteiger charge is 2.14. The molecule has 1 aliphatic heterocycles. The quantitative estimate of drug-likeness (QED) is 0.643. The lowest BCUT2D eigenvalue weighted by molar-refractivity contribution is 0.0999. The third kappa shape index (κ3) is 4.07. The fraction of sp³-hybridized carbons (Fsp3) is 1.00. The minimum Gasteiger partial charge on any atom is -0.393 e. The predicted octanol–water partition coefficient (Wildman–Crippen LogP) is 2.11. The van der Waals surface area contributed by atoms with E-state index in [1.807, 2.05) is 6.92 Å². The Hall–Kier alpha value is -0.0800. The largest absolute Gasteiger partial charge is 0.393 e. The second-order valence-electron chi connectivity index (χ2n) is 3.77. The zero-order chi connectivity index (χ0) is 8.81. The van der Waals surface area contributed by atoms with Crippen molar-refractivity contribution in [3.63, 3.8) is 0 Å². The molecule has 0 saturated carbocycles. The molecule has 1 saturated heterocycles. The molecule has 1 aliphatic rings. The van der Waals surface area contributed by atoms with Gasteiger partial charge in [0.25, 0.3) is 0 Å². The van der Waals surface area contributed by atoms with Crippen LogP contribution in [0.4, 0.5) is 0 Å². The van der Waals surface area contributed by atoms with Crippen LogP contribution in [0.5, 0.6) is 0 Å². The van der Waals surface area contributed by atoms with Crippen molar-refractivity contribution in [3.8, 4) is 0 Å². The van der Waals surface area contributed by atoms with Gasteiger partial charge in [-0.25, -0.2) is 0 Å². The van der Waals surface area contributed by atoms with E-state index in [0.717, 1.165) is 19.4 Å². The van der Waals surface area contributed by atoms with Gasteiger partial charge in [-0.05, 0) is 32.6 Å². The summed E-state index contributed by atoms with van der Waals surface area (Å²) in [7, 11) is 0. The monoisotopic (exact) mass is 172 g/mol. The van der Waals surface area contributed by atoms with Crippen LogP contribution in [0.3, 0.4) is 0 Å². The molecular formula is C10H20O2. The molecule has 1 fully saturated rings. The maximum atomic E-state index is 9.01. The third-order valence-corrected chi connectivity index (χ3v) is 2.42. The summed E-state index contributed by atoms with van der Waals surface area (Å²) in [5.41, 5.74) is 0. The Kier molecular flexibility index (Phi) is 4.62. The molecule has 0 spiro atoms.